The summed E-state index contributed by atoms with van der Waals surface area (Å²) in [6.45, 7) is 2.45. The molecule has 0 aromatic heterocycles. The van der Waals surface area contributed by atoms with E-state index < -0.39 is 0 Å². The quantitative estimate of drug-likeness (QED) is 0.543. The van der Waals surface area contributed by atoms with Gasteiger partial charge in [0.2, 0.25) is 5.91 Å². The topological polar surface area (TPSA) is 67.9 Å². The Morgan fingerprint density at radius 1 is 1.03 bits per heavy atom. The Labute approximate surface area is 191 Å². The number of carbonyl (C=O) groups is 2. The summed E-state index contributed by atoms with van der Waals surface area (Å²) in [4.78, 5) is 27.2. The van der Waals surface area contributed by atoms with E-state index in [0.717, 1.165) is 11.3 Å². The van der Waals surface area contributed by atoms with E-state index in [1.54, 1.807) is 34.9 Å². The van der Waals surface area contributed by atoms with E-state index in [1.165, 1.54) is 7.11 Å². The Hall–Kier alpha value is -3.45. The van der Waals surface area contributed by atoms with Gasteiger partial charge in [0.15, 0.2) is 0 Å². The summed E-state index contributed by atoms with van der Waals surface area (Å²) in [6, 6.07) is 22.2. The highest BCUT2D eigenvalue weighted by Crippen LogP contribution is 2.44. The molecule has 1 heterocycles. The minimum Gasteiger partial charge on any atom is -0.496 e. The van der Waals surface area contributed by atoms with Crippen molar-refractivity contribution in [3.05, 3.63) is 83.9 Å². The lowest BCUT2D eigenvalue weighted by Crippen LogP contribution is -2.28. The van der Waals surface area contributed by atoms with E-state index in [2.05, 4.69) is 5.32 Å². The first-order valence-electron chi connectivity index (χ1n) is 10.3. The van der Waals surface area contributed by atoms with Crippen molar-refractivity contribution in [3.8, 4) is 11.5 Å². The molecule has 1 aliphatic heterocycles. The lowest BCUT2D eigenvalue weighted by atomic mass is 10.1. The molecule has 1 saturated heterocycles. The van der Waals surface area contributed by atoms with Crippen molar-refractivity contribution in [1.29, 1.82) is 0 Å². The maximum Gasteiger partial charge on any atom is 0.259 e. The number of ether oxygens (including phenoxy) is 2. The third-order valence-corrected chi connectivity index (χ3v) is 6.31. The van der Waals surface area contributed by atoms with Crippen LogP contribution in [0.2, 0.25) is 0 Å². The SMILES string of the molecule is CCOc1ccccc1N1C(=O)CS[C@H]1c1ccc(NC(=O)c2ccccc2OC)cc1. The van der Waals surface area contributed by atoms with Gasteiger partial charge < -0.3 is 14.8 Å². The van der Waals surface area contributed by atoms with E-state index in [9.17, 15) is 9.59 Å². The van der Waals surface area contributed by atoms with Gasteiger partial charge in [-0.3, -0.25) is 14.5 Å². The van der Waals surface area contributed by atoms with Crippen LogP contribution in [0.4, 0.5) is 11.4 Å². The van der Waals surface area contributed by atoms with Crippen molar-refractivity contribution >= 4 is 35.0 Å². The van der Waals surface area contributed by atoms with Crippen LogP contribution in [0.25, 0.3) is 0 Å². The van der Waals surface area contributed by atoms with Gasteiger partial charge in [0.1, 0.15) is 16.9 Å². The van der Waals surface area contributed by atoms with E-state index >= 15 is 0 Å². The number of benzene rings is 3. The monoisotopic (exact) mass is 448 g/mol. The third kappa shape index (κ3) is 4.43. The highest BCUT2D eigenvalue weighted by Gasteiger charge is 2.35. The largest absolute Gasteiger partial charge is 0.496 e. The second kappa shape index (κ2) is 9.78. The van der Waals surface area contributed by atoms with Crippen molar-refractivity contribution < 1.29 is 19.1 Å². The Balaban J connectivity index is 1.54. The minimum atomic E-state index is -0.243. The van der Waals surface area contributed by atoms with Crippen LogP contribution in [0.3, 0.4) is 0 Å². The molecule has 0 saturated carbocycles. The fraction of sp³-hybridized carbons (Fsp3) is 0.200. The third-order valence-electron chi connectivity index (χ3n) is 5.10. The summed E-state index contributed by atoms with van der Waals surface area (Å²) in [7, 11) is 1.54. The molecule has 1 N–H and O–H groups in total. The summed E-state index contributed by atoms with van der Waals surface area (Å²) in [5, 5.41) is 2.74. The molecule has 1 atom stereocenters. The maximum absolute atomic E-state index is 12.7. The van der Waals surface area contributed by atoms with Crippen molar-refractivity contribution in [3.63, 3.8) is 0 Å². The molecule has 6 nitrogen and oxygen atoms in total. The lowest BCUT2D eigenvalue weighted by Gasteiger charge is -2.26. The number of nitrogens with zero attached hydrogens (tertiary/aromatic N) is 1. The number of thioether (sulfide) groups is 1. The zero-order valence-electron chi connectivity index (χ0n) is 17.9. The maximum atomic E-state index is 12.7. The van der Waals surface area contributed by atoms with Crippen molar-refractivity contribution in [1.82, 2.24) is 0 Å². The van der Waals surface area contributed by atoms with Gasteiger partial charge in [-0.15, -0.1) is 11.8 Å². The second-order valence-corrected chi connectivity index (χ2v) is 8.17. The molecule has 0 bridgehead atoms. The first kappa shape index (κ1) is 21.8. The summed E-state index contributed by atoms with van der Waals surface area (Å²) in [5.41, 5.74) is 2.88. The molecule has 164 valence electrons. The Morgan fingerprint density at radius 2 is 1.72 bits per heavy atom. The Bertz CT molecular complexity index is 1120. The van der Waals surface area contributed by atoms with Gasteiger partial charge in [-0.2, -0.15) is 0 Å². The molecule has 1 aliphatic rings. The fourth-order valence-corrected chi connectivity index (χ4v) is 4.80. The highest BCUT2D eigenvalue weighted by molar-refractivity contribution is 8.00. The van der Waals surface area contributed by atoms with Crippen LogP contribution >= 0.6 is 11.8 Å². The number of hydrogen-bond donors (Lipinski definition) is 1. The summed E-state index contributed by atoms with van der Waals surface area (Å²) in [5.74, 6) is 1.41. The number of hydrogen-bond acceptors (Lipinski definition) is 5. The average molecular weight is 449 g/mol. The number of para-hydroxylation sites is 3. The van der Waals surface area contributed by atoms with Crippen LogP contribution in [0.5, 0.6) is 11.5 Å². The van der Waals surface area contributed by atoms with Crippen LogP contribution in [0, 0.1) is 0 Å². The predicted octanol–water partition coefficient (Wildman–Crippen LogP) is 5.12. The number of carbonyl (C=O) groups excluding carboxylic acids is 2. The molecular weight excluding hydrogens is 424 g/mol. The van der Waals surface area contributed by atoms with Crippen LogP contribution in [-0.2, 0) is 4.79 Å². The normalized spacial score (nSPS) is 15.5. The van der Waals surface area contributed by atoms with E-state index in [0.29, 0.717) is 35.1 Å². The first-order chi connectivity index (χ1) is 15.6. The van der Waals surface area contributed by atoms with Gasteiger partial charge in [-0.05, 0) is 48.9 Å². The minimum absolute atomic E-state index is 0.0423. The highest BCUT2D eigenvalue weighted by atomic mass is 32.2. The van der Waals surface area contributed by atoms with Crippen LogP contribution in [0.15, 0.2) is 72.8 Å². The van der Waals surface area contributed by atoms with Gasteiger partial charge in [-0.25, -0.2) is 0 Å². The first-order valence-corrected chi connectivity index (χ1v) is 11.4. The van der Waals surface area contributed by atoms with Crippen LogP contribution in [0.1, 0.15) is 28.2 Å². The molecule has 0 radical (unpaired) electrons. The number of rotatable bonds is 7. The molecule has 7 heteroatoms. The Kier molecular flexibility index (Phi) is 6.66. The molecule has 3 aromatic rings. The van der Waals surface area contributed by atoms with E-state index in [4.69, 9.17) is 9.47 Å². The van der Waals surface area contributed by atoms with Gasteiger partial charge in [-0.1, -0.05) is 36.4 Å². The van der Waals surface area contributed by atoms with Gasteiger partial charge in [0.05, 0.1) is 30.7 Å². The summed E-state index contributed by atoms with van der Waals surface area (Å²) in [6.07, 6.45) is 0. The Morgan fingerprint density at radius 3 is 2.44 bits per heavy atom. The molecule has 1 fully saturated rings. The summed E-state index contributed by atoms with van der Waals surface area (Å²) < 4.78 is 11.0. The van der Waals surface area contributed by atoms with Crippen molar-refractivity contribution in [2.24, 2.45) is 0 Å². The van der Waals surface area contributed by atoms with Crippen molar-refractivity contribution in [2.45, 2.75) is 12.3 Å². The molecule has 0 spiro atoms. The number of methoxy groups -OCH3 is 1. The smallest absolute Gasteiger partial charge is 0.259 e. The molecule has 0 unspecified atom stereocenters. The van der Waals surface area contributed by atoms with Crippen molar-refractivity contribution in [2.75, 3.05) is 29.7 Å². The molecule has 3 aromatic carbocycles. The average Bonchev–Trinajstić information content (AvgIpc) is 3.21. The molecule has 32 heavy (non-hydrogen) atoms. The molecule has 4 rings (SSSR count). The molecule has 2 amide bonds. The predicted molar refractivity (Wildman–Crippen MR) is 128 cm³/mol. The second-order valence-electron chi connectivity index (χ2n) is 7.10. The molecule has 0 aliphatic carbocycles. The molecular formula is C25H24N2O4S. The standard InChI is InChI=1S/C25H24N2O4S/c1-3-31-22-11-7-5-9-20(22)27-23(28)16-32-25(27)17-12-14-18(15-13-17)26-24(29)19-8-4-6-10-21(19)30-2/h4-15,25H,3,16H2,1-2H3,(H,26,29)/t25-/m0/s1. The van der Waals surface area contributed by atoms with E-state index in [-0.39, 0.29) is 17.2 Å². The zero-order chi connectivity index (χ0) is 22.5. The number of amides is 2. The lowest BCUT2D eigenvalue weighted by molar-refractivity contribution is -0.115. The number of nitrogens with one attached hydrogen (secondary N) is 1. The van der Waals surface area contributed by atoms with Gasteiger partial charge in [0, 0.05) is 5.69 Å². The van der Waals surface area contributed by atoms with Crippen LogP contribution < -0.4 is 19.7 Å². The van der Waals surface area contributed by atoms with Crippen LogP contribution in [-0.4, -0.2) is 31.3 Å². The number of anilines is 2. The van der Waals surface area contributed by atoms with E-state index in [1.807, 2.05) is 61.5 Å². The summed E-state index contributed by atoms with van der Waals surface area (Å²) >= 11 is 1.57. The fourth-order valence-electron chi connectivity index (χ4n) is 3.63. The van der Waals surface area contributed by atoms with Gasteiger partial charge in [0.25, 0.3) is 5.91 Å². The van der Waals surface area contributed by atoms with Gasteiger partial charge >= 0.3 is 0 Å². The zero-order valence-corrected chi connectivity index (χ0v) is 18.7.